The third-order valence-corrected chi connectivity index (χ3v) is 0.289. The van der Waals surface area contributed by atoms with E-state index in [-0.39, 0.29) is 32.0 Å². The normalized spacial score (nSPS) is 5.29. The van der Waals surface area contributed by atoms with E-state index in [1.54, 1.807) is 0 Å². The summed E-state index contributed by atoms with van der Waals surface area (Å²) < 4.78 is 0. The minimum atomic E-state index is -0.995. The van der Waals surface area contributed by atoms with Gasteiger partial charge >= 0.3 is 19.5 Å². The van der Waals surface area contributed by atoms with Gasteiger partial charge in [-0.3, -0.25) is 0 Å². The van der Waals surface area contributed by atoms with Crippen molar-refractivity contribution in [2.24, 2.45) is 0 Å². The van der Waals surface area contributed by atoms with Crippen molar-refractivity contribution >= 4 is 5.97 Å². The predicted octanol–water partition coefficient (Wildman–Crippen LogP) is -0.480. The Morgan fingerprint density at radius 1 is 1.71 bits per heavy atom. The maximum atomic E-state index is 9.26. The van der Waals surface area contributed by atoms with Crippen molar-refractivity contribution < 1.29 is 29.4 Å². The summed E-state index contributed by atoms with van der Waals surface area (Å²) in [6.45, 7) is 1.54. The van der Waals surface area contributed by atoms with Gasteiger partial charge in [-0.15, -0.1) is 0 Å². The summed E-state index contributed by atoms with van der Waals surface area (Å²) in [5.41, 5.74) is 0. The van der Waals surface area contributed by atoms with Crippen molar-refractivity contribution in [2.75, 3.05) is 0 Å². The van der Waals surface area contributed by atoms with Gasteiger partial charge in [-0.05, 0) is 6.42 Å². The van der Waals surface area contributed by atoms with Crippen molar-refractivity contribution in [3.63, 3.8) is 0 Å². The fraction of sp³-hybridized carbons (Fsp3) is 0.667. The maximum Gasteiger partial charge on any atom is 2.00 e. The van der Waals surface area contributed by atoms with E-state index < -0.39 is 5.97 Å². The largest absolute Gasteiger partial charge is 2.00 e. The van der Waals surface area contributed by atoms with E-state index in [0.717, 1.165) is 0 Å². The molecule has 4 heteroatoms. The van der Waals surface area contributed by atoms with Gasteiger partial charge in [0, 0.05) is 5.97 Å². The average Bonchev–Trinajstić information content (AvgIpc) is 1.38. The number of hydrogen-bond donors (Lipinski definition) is 1. The van der Waals surface area contributed by atoms with E-state index in [2.05, 4.69) is 0 Å². The van der Waals surface area contributed by atoms with Gasteiger partial charge in [-0.25, -0.2) is 0 Å². The molecule has 7 heavy (non-hydrogen) atoms. The molecule has 0 fully saturated rings. The summed E-state index contributed by atoms with van der Waals surface area (Å²) in [6.07, 6.45) is 0.111. The second-order valence-electron chi connectivity index (χ2n) is 0.726. The number of carboxylic acids is 1. The summed E-state index contributed by atoms with van der Waals surface area (Å²) in [7, 11) is 0. The van der Waals surface area contributed by atoms with E-state index in [9.17, 15) is 9.90 Å². The van der Waals surface area contributed by atoms with E-state index in [1.165, 1.54) is 6.92 Å². The van der Waals surface area contributed by atoms with Crippen LogP contribution in [0.25, 0.3) is 0 Å². The standard InChI is InChI=1S/C3H6O2.H3N.Zn/c1-2-3(4)5;;/h2H2,1H3,(H,4,5);1H3;/q;;+2. The van der Waals surface area contributed by atoms with Crippen LogP contribution in [0, 0.1) is 0 Å². The first-order chi connectivity index (χ1) is 2.27. The SMILES string of the molecule is CCC(=O)[O-].[NH4+].[Zn+2]. The van der Waals surface area contributed by atoms with Crippen molar-refractivity contribution in [1.29, 1.82) is 0 Å². The minimum Gasteiger partial charge on any atom is -0.550 e. The van der Waals surface area contributed by atoms with Crippen molar-refractivity contribution in [3.05, 3.63) is 0 Å². The molecule has 0 atom stereocenters. The predicted molar refractivity (Wildman–Crippen MR) is 21.3 cm³/mol. The first-order valence-electron chi connectivity index (χ1n) is 1.47. The molecule has 0 aromatic rings. The molecule has 0 saturated carbocycles. The van der Waals surface area contributed by atoms with Crippen LogP contribution in [0.1, 0.15) is 13.3 Å². The van der Waals surface area contributed by atoms with E-state index in [0.29, 0.717) is 0 Å². The van der Waals surface area contributed by atoms with Gasteiger partial charge in [0.1, 0.15) is 0 Å². The van der Waals surface area contributed by atoms with Gasteiger partial charge < -0.3 is 16.1 Å². The smallest absolute Gasteiger partial charge is 0.550 e. The summed E-state index contributed by atoms with van der Waals surface area (Å²) in [4.78, 5) is 9.26. The average molecular weight is 156 g/mol. The Labute approximate surface area is 55.4 Å². The Kier molecular flexibility index (Phi) is 21.1. The van der Waals surface area contributed by atoms with E-state index in [1.807, 2.05) is 0 Å². The Morgan fingerprint density at radius 2 is 1.86 bits per heavy atom. The Bertz CT molecular complexity index is 48.2. The number of carbonyl (C=O) groups is 1. The molecule has 0 aliphatic rings. The Morgan fingerprint density at radius 3 is 1.86 bits per heavy atom. The molecule has 0 saturated heterocycles. The fourth-order valence-electron chi connectivity index (χ4n) is 0. The van der Waals surface area contributed by atoms with Crippen LogP contribution in [0.4, 0.5) is 0 Å². The van der Waals surface area contributed by atoms with Gasteiger partial charge in [0.2, 0.25) is 0 Å². The molecule has 3 nitrogen and oxygen atoms in total. The second kappa shape index (κ2) is 9.41. The monoisotopic (exact) mass is 155 g/mol. The Balaban J connectivity index is -0.0000000800. The van der Waals surface area contributed by atoms with Gasteiger partial charge in [0.15, 0.2) is 0 Å². The molecule has 0 aromatic carbocycles. The number of aliphatic carboxylic acids is 1. The molecule has 0 unspecified atom stereocenters. The molecular formula is C3H9NO2Zn+2. The zero-order valence-corrected chi connectivity index (χ0v) is 7.70. The van der Waals surface area contributed by atoms with Crippen LogP contribution in [-0.4, -0.2) is 5.97 Å². The minimum absolute atomic E-state index is 0. The van der Waals surface area contributed by atoms with Gasteiger partial charge in [0.05, 0.1) is 0 Å². The van der Waals surface area contributed by atoms with E-state index >= 15 is 0 Å². The summed E-state index contributed by atoms with van der Waals surface area (Å²) in [5, 5.41) is 9.26. The molecule has 0 amide bonds. The number of quaternary nitrogens is 1. The van der Waals surface area contributed by atoms with Crippen molar-refractivity contribution in [2.45, 2.75) is 13.3 Å². The Hall–Kier alpha value is 0.0534. The summed E-state index contributed by atoms with van der Waals surface area (Å²) in [6, 6.07) is 0. The zero-order chi connectivity index (χ0) is 4.28. The molecule has 0 spiro atoms. The zero-order valence-electron chi connectivity index (χ0n) is 4.73. The third-order valence-electron chi connectivity index (χ3n) is 0.289. The van der Waals surface area contributed by atoms with Crippen molar-refractivity contribution in [1.82, 2.24) is 6.15 Å². The van der Waals surface area contributed by atoms with Crippen LogP contribution in [0.15, 0.2) is 0 Å². The first-order valence-corrected chi connectivity index (χ1v) is 1.47. The fourth-order valence-corrected chi connectivity index (χ4v) is 0. The number of carboxylic acid groups (broad SMARTS) is 1. The number of hydrogen-bond acceptors (Lipinski definition) is 2. The molecule has 0 aliphatic carbocycles. The molecule has 0 radical (unpaired) electrons. The number of carbonyl (C=O) groups excluding carboxylic acids is 1. The molecular weight excluding hydrogens is 147 g/mol. The summed E-state index contributed by atoms with van der Waals surface area (Å²) >= 11 is 0. The molecule has 0 heterocycles. The second-order valence-corrected chi connectivity index (χ2v) is 0.726. The topological polar surface area (TPSA) is 76.6 Å². The van der Waals surface area contributed by atoms with Crippen LogP contribution in [0.5, 0.6) is 0 Å². The van der Waals surface area contributed by atoms with Gasteiger partial charge in [-0.2, -0.15) is 0 Å². The number of rotatable bonds is 1. The molecule has 4 N–H and O–H groups in total. The maximum absolute atomic E-state index is 9.26. The van der Waals surface area contributed by atoms with Crippen molar-refractivity contribution in [3.8, 4) is 0 Å². The molecule has 0 aliphatic heterocycles. The van der Waals surface area contributed by atoms with Gasteiger partial charge in [0.25, 0.3) is 0 Å². The van der Waals surface area contributed by atoms with Crippen LogP contribution < -0.4 is 11.3 Å². The first kappa shape index (κ1) is 15.7. The molecule has 0 aromatic heterocycles. The molecule has 38 valence electrons. The molecule has 0 rings (SSSR count). The third kappa shape index (κ3) is 23.6. The van der Waals surface area contributed by atoms with Crippen LogP contribution in [0.2, 0.25) is 0 Å². The van der Waals surface area contributed by atoms with Gasteiger partial charge in [-0.1, -0.05) is 6.92 Å². The quantitative estimate of drug-likeness (QED) is 0.521. The van der Waals surface area contributed by atoms with Crippen LogP contribution in [-0.2, 0) is 24.3 Å². The van der Waals surface area contributed by atoms with E-state index in [4.69, 9.17) is 0 Å². The van der Waals surface area contributed by atoms with Crippen LogP contribution in [0.3, 0.4) is 0 Å². The van der Waals surface area contributed by atoms with Crippen LogP contribution >= 0.6 is 0 Å². The molecule has 0 bridgehead atoms. The summed E-state index contributed by atoms with van der Waals surface area (Å²) in [5.74, 6) is -0.995.